The lowest BCUT2D eigenvalue weighted by atomic mass is 9.89. The van der Waals surface area contributed by atoms with Crippen LogP contribution in [-0.4, -0.2) is 44.5 Å². The summed E-state index contributed by atoms with van der Waals surface area (Å²) in [6.45, 7) is 2.84. The SMILES string of the molecule is CN(C)c1ccc(C(=O)N2C[C@@H]3CNC[C@@H]3[C@@H]2c2ccccc2)cc1. The van der Waals surface area contributed by atoms with Crippen LogP contribution < -0.4 is 10.2 Å². The molecule has 2 fully saturated rings. The molecule has 0 bridgehead atoms. The van der Waals surface area contributed by atoms with E-state index in [9.17, 15) is 4.79 Å². The van der Waals surface area contributed by atoms with Gasteiger partial charge >= 0.3 is 0 Å². The maximum absolute atomic E-state index is 13.2. The molecule has 0 unspecified atom stereocenters. The summed E-state index contributed by atoms with van der Waals surface area (Å²) in [6.07, 6.45) is 0. The molecular formula is C21H25N3O. The van der Waals surface area contributed by atoms with Crippen molar-refractivity contribution in [2.24, 2.45) is 11.8 Å². The molecule has 25 heavy (non-hydrogen) atoms. The van der Waals surface area contributed by atoms with Crippen molar-refractivity contribution >= 4 is 11.6 Å². The fourth-order valence-electron chi connectivity index (χ4n) is 4.27. The smallest absolute Gasteiger partial charge is 0.254 e. The van der Waals surface area contributed by atoms with Crippen LogP contribution in [0.1, 0.15) is 22.0 Å². The van der Waals surface area contributed by atoms with Crippen LogP contribution in [0.5, 0.6) is 0 Å². The first-order valence-electron chi connectivity index (χ1n) is 8.99. The first-order valence-corrected chi connectivity index (χ1v) is 8.99. The first kappa shape index (κ1) is 16.2. The first-order chi connectivity index (χ1) is 12.1. The van der Waals surface area contributed by atoms with Crippen LogP contribution in [0.3, 0.4) is 0 Å². The van der Waals surface area contributed by atoms with Gasteiger partial charge in [-0.2, -0.15) is 0 Å². The number of hydrogen-bond acceptors (Lipinski definition) is 3. The minimum absolute atomic E-state index is 0.147. The third kappa shape index (κ3) is 2.91. The molecular weight excluding hydrogens is 310 g/mol. The Morgan fingerprint density at radius 3 is 2.44 bits per heavy atom. The Bertz CT molecular complexity index is 741. The van der Waals surface area contributed by atoms with Gasteiger partial charge in [-0.25, -0.2) is 0 Å². The van der Waals surface area contributed by atoms with Gasteiger partial charge in [0.25, 0.3) is 5.91 Å². The lowest BCUT2D eigenvalue weighted by Crippen LogP contribution is -2.34. The molecule has 4 nitrogen and oxygen atoms in total. The lowest BCUT2D eigenvalue weighted by Gasteiger charge is -2.28. The van der Waals surface area contributed by atoms with E-state index in [-0.39, 0.29) is 11.9 Å². The summed E-state index contributed by atoms with van der Waals surface area (Å²) in [7, 11) is 4.02. The third-order valence-corrected chi connectivity index (χ3v) is 5.60. The van der Waals surface area contributed by atoms with Gasteiger partial charge in [0.2, 0.25) is 0 Å². The Hall–Kier alpha value is -2.33. The standard InChI is InChI=1S/C21H25N3O/c1-23(2)18-10-8-16(9-11-18)21(25)24-14-17-12-22-13-19(17)20(24)15-6-4-3-5-7-15/h3-11,17,19-20,22H,12-14H2,1-2H3/t17-,19-,20-/m0/s1. The average Bonchev–Trinajstić information content (AvgIpc) is 3.22. The Kier molecular flexibility index (Phi) is 4.22. The van der Waals surface area contributed by atoms with E-state index in [4.69, 9.17) is 0 Å². The fourth-order valence-corrected chi connectivity index (χ4v) is 4.27. The zero-order chi connectivity index (χ0) is 17.4. The second-order valence-electron chi connectivity index (χ2n) is 7.34. The van der Waals surface area contributed by atoms with E-state index in [1.165, 1.54) is 5.56 Å². The summed E-state index contributed by atoms with van der Waals surface area (Å²) < 4.78 is 0. The third-order valence-electron chi connectivity index (χ3n) is 5.60. The van der Waals surface area contributed by atoms with E-state index < -0.39 is 0 Å². The summed E-state index contributed by atoms with van der Waals surface area (Å²) in [6, 6.07) is 18.6. The molecule has 130 valence electrons. The van der Waals surface area contributed by atoms with E-state index in [1.54, 1.807) is 0 Å². The minimum Gasteiger partial charge on any atom is -0.378 e. The van der Waals surface area contributed by atoms with E-state index in [1.807, 2.05) is 49.3 Å². The number of benzene rings is 2. The molecule has 2 saturated heterocycles. The van der Waals surface area contributed by atoms with Crippen LogP contribution in [0.2, 0.25) is 0 Å². The molecule has 0 saturated carbocycles. The van der Waals surface area contributed by atoms with Crippen LogP contribution in [-0.2, 0) is 0 Å². The number of rotatable bonds is 3. The highest BCUT2D eigenvalue weighted by Crippen LogP contribution is 2.43. The topological polar surface area (TPSA) is 35.6 Å². The predicted octanol–water partition coefficient (Wildman–Crippen LogP) is 2.79. The zero-order valence-corrected chi connectivity index (χ0v) is 14.9. The number of amides is 1. The highest BCUT2D eigenvalue weighted by atomic mass is 16.2. The highest BCUT2D eigenvalue weighted by Gasteiger charge is 2.46. The Morgan fingerprint density at radius 1 is 1.04 bits per heavy atom. The summed E-state index contributed by atoms with van der Waals surface area (Å²) >= 11 is 0. The number of anilines is 1. The number of carbonyl (C=O) groups excluding carboxylic acids is 1. The monoisotopic (exact) mass is 335 g/mol. The molecule has 0 aromatic heterocycles. The number of fused-ring (bicyclic) bond motifs is 1. The van der Waals surface area contributed by atoms with Crippen LogP contribution in [0.15, 0.2) is 54.6 Å². The van der Waals surface area contributed by atoms with Crippen molar-refractivity contribution in [2.45, 2.75) is 6.04 Å². The molecule has 1 N–H and O–H groups in total. The number of nitrogens with zero attached hydrogens (tertiary/aromatic N) is 2. The van der Waals surface area contributed by atoms with E-state index in [2.05, 4.69) is 34.5 Å². The van der Waals surface area contributed by atoms with Gasteiger partial charge in [0.15, 0.2) is 0 Å². The Balaban J connectivity index is 1.64. The van der Waals surface area contributed by atoms with Gasteiger partial charge in [-0.05, 0) is 35.7 Å². The molecule has 2 aliphatic heterocycles. The van der Waals surface area contributed by atoms with E-state index >= 15 is 0 Å². The second-order valence-corrected chi connectivity index (χ2v) is 7.34. The number of hydrogen-bond donors (Lipinski definition) is 1. The number of carbonyl (C=O) groups is 1. The van der Waals surface area contributed by atoms with Crippen LogP contribution in [0.25, 0.3) is 0 Å². The molecule has 2 heterocycles. The summed E-state index contributed by atoms with van der Waals surface area (Å²) in [5, 5.41) is 3.50. The maximum atomic E-state index is 13.2. The molecule has 3 atom stereocenters. The van der Waals surface area contributed by atoms with E-state index in [0.29, 0.717) is 11.8 Å². The maximum Gasteiger partial charge on any atom is 0.254 e. The van der Waals surface area contributed by atoms with E-state index in [0.717, 1.165) is 30.9 Å². The molecule has 2 aromatic rings. The summed E-state index contributed by atoms with van der Waals surface area (Å²) in [5.41, 5.74) is 3.13. The quantitative estimate of drug-likeness (QED) is 0.937. The fraction of sp³-hybridized carbons (Fsp3) is 0.381. The van der Waals surface area contributed by atoms with Crippen molar-refractivity contribution in [3.8, 4) is 0 Å². The summed E-state index contributed by atoms with van der Waals surface area (Å²) in [4.78, 5) is 17.4. The summed E-state index contributed by atoms with van der Waals surface area (Å²) in [5.74, 6) is 1.20. The zero-order valence-electron chi connectivity index (χ0n) is 14.9. The van der Waals surface area contributed by atoms with Crippen molar-refractivity contribution in [3.63, 3.8) is 0 Å². The largest absolute Gasteiger partial charge is 0.378 e. The Labute approximate surface area is 149 Å². The van der Waals surface area contributed by atoms with Gasteiger partial charge < -0.3 is 15.1 Å². The predicted molar refractivity (Wildman–Crippen MR) is 101 cm³/mol. The molecule has 4 heteroatoms. The molecule has 2 aliphatic rings. The van der Waals surface area contributed by atoms with Gasteiger partial charge in [0.05, 0.1) is 6.04 Å². The minimum atomic E-state index is 0.147. The van der Waals surface area contributed by atoms with Gasteiger partial charge in [-0.15, -0.1) is 0 Å². The van der Waals surface area contributed by atoms with Crippen molar-refractivity contribution in [2.75, 3.05) is 38.6 Å². The van der Waals surface area contributed by atoms with Crippen molar-refractivity contribution in [1.82, 2.24) is 10.2 Å². The van der Waals surface area contributed by atoms with Crippen molar-refractivity contribution in [3.05, 3.63) is 65.7 Å². The molecule has 0 spiro atoms. The van der Waals surface area contributed by atoms with Gasteiger partial charge in [-0.3, -0.25) is 4.79 Å². The number of nitrogens with one attached hydrogen (secondary N) is 1. The average molecular weight is 335 g/mol. The van der Waals surface area contributed by atoms with Gasteiger partial charge in [0, 0.05) is 50.9 Å². The molecule has 4 rings (SSSR count). The normalized spacial score (nSPS) is 25.0. The molecule has 0 aliphatic carbocycles. The van der Waals surface area contributed by atoms with Crippen LogP contribution in [0.4, 0.5) is 5.69 Å². The van der Waals surface area contributed by atoms with Crippen LogP contribution >= 0.6 is 0 Å². The second kappa shape index (κ2) is 6.52. The molecule has 2 aromatic carbocycles. The lowest BCUT2D eigenvalue weighted by molar-refractivity contribution is 0.0714. The highest BCUT2D eigenvalue weighted by molar-refractivity contribution is 5.95. The molecule has 0 radical (unpaired) electrons. The van der Waals surface area contributed by atoms with Crippen LogP contribution in [0, 0.1) is 11.8 Å². The number of likely N-dealkylation sites (tertiary alicyclic amines) is 1. The van der Waals surface area contributed by atoms with Gasteiger partial charge in [0.1, 0.15) is 0 Å². The van der Waals surface area contributed by atoms with Crippen molar-refractivity contribution < 1.29 is 4.79 Å². The molecule has 1 amide bonds. The van der Waals surface area contributed by atoms with Crippen molar-refractivity contribution in [1.29, 1.82) is 0 Å². The van der Waals surface area contributed by atoms with Gasteiger partial charge in [-0.1, -0.05) is 30.3 Å². The Morgan fingerprint density at radius 2 is 1.76 bits per heavy atom.